The van der Waals surface area contributed by atoms with Crippen LogP contribution in [-0.2, 0) is 16.1 Å². The molecule has 0 radical (unpaired) electrons. The minimum absolute atomic E-state index is 0.00290. The fourth-order valence-corrected chi connectivity index (χ4v) is 11.1. The van der Waals surface area contributed by atoms with Gasteiger partial charge in [-0.2, -0.15) is 0 Å². The van der Waals surface area contributed by atoms with Crippen LogP contribution < -0.4 is 5.32 Å². The van der Waals surface area contributed by atoms with Gasteiger partial charge >= 0.3 is 0 Å². The van der Waals surface area contributed by atoms with E-state index < -0.39 is 5.54 Å². The van der Waals surface area contributed by atoms with Crippen LogP contribution >= 0.6 is 0 Å². The Morgan fingerprint density at radius 2 is 1.64 bits per heavy atom. The Balaban J connectivity index is 1.10. The maximum atomic E-state index is 14.8. The summed E-state index contributed by atoms with van der Waals surface area (Å²) in [7, 11) is 0. The largest absolute Gasteiger partial charge is 0.467 e. The number of carbonyl (C=O) groups is 2. The first-order chi connectivity index (χ1) is 21.2. The number of hydrogen-bond acceptors (Lipinski definition) is 3. The predicted octanol–water partition coefficient (Wildman–Crippen LogP) is 8.02. The zero-order valence-corrected chi connectivity index (χ0v) is 26.8. The van der Waals surface area contributed by atoms with Crippen molar-refractivity contribution < 1.29 is 14.0 Å². The van der Waals surface area contributed by atoms with Crippen molar-refractivity contribution in [2.75, 3.05) is 0 Å². The van der Waals surface area contributed by atoms with Crippen molar-refractivity contribution in [3.63, 3.8) is 0 Å². The van der Waals surface area contributed by atoms with E-state index in [-0.39, 0.29) is 28.7 Å². The summed E-state index contributed by atoms with van der Waals surface area (Å²) in [4.78, 5) is 35.1. The van der Waals surface area contributed by atoms with E-state index in [4.69, 9.17) is 4.42 Å². The Hall–Kier alpha value is -3.02. The predicted molar refractivity (Wildman–Crippen MR) is 172 cm³/mol. The lowest BCUT2D eigenvalue weighted by Crippen LogP contribution is -2.67. The van der Waals surface area contributed by atoms with Crippen molar-refractivity contribution >= 4 is 22.7 Å². The number of furan rings is 1. The Morgan fingerprint density at radius 3 is 2.30 bits per heavy atom. The minimum atomic E-state index is -0.823. The molecule has 0 unspecified atom stereocenters. The molecule has 6 nitrogen and oxygen atoms in total. The molecule has 9 rings (SSSR count). The molecule has 0 aliphatic heterocycles. The minimum Gasteiger partial charge on any atom is -0.467 e. The highest BCUT2D eigenvalue weighted by atomic mass is 16.3. The fraction of sp³-hybridized carbons (Fsp3) is 0.632. The quantitative estimate of drug-likeness (QED) is 0.277. The van der Waals surface area contributed by atoms with Gasteiger partial charge in [0.1, 0.15) is 11.3 Å². The molecule has 44 heavy (non-hydrogen) atoms. The normalized spacial score (nSPS) is 32.9. The van der Waals surface area contributed by atoms with Gasteiger partial charge in [0.25, 0.3) is 0 Å². The van der Waals surface area contributed by atoms with E-state index >= 15 is 0 Å². The highest BCUT2D eigenvalue weighted by Crippen LogP contribution is 2.67. The van der Waals surface area contributed by atoms with E-state index in [9.17, 15) is 9.59 Å². The van der Waals surface area contributed by atoms with Crippen LogP contribution in [0.5, 0.6) is 0 Å². The number of aryl methyl sites for hydroxylation is 1. The number of aromatic amines is 1. The monoisotopic (exact) mass is 595 g/mol. The van der Waals surface area contributed by atoms with Gasteiger partial charge in [0.05, 0.1) is 12.8 Å². The van der Waals surface area contributed by atoms with Gasteiger partial charge < -0.3 is 19.6 Å². The Kier molecular flexibility index (Phi) is 6.63. The second kappa shape index (κ2) is 10.3. The van der Waals surface area contributed by atoms with Crippen LogP contribution in [0.2, 0.25) is 0 Å². The number of H-pyrrole nitrogens is 1. The second-order valence-electron chi connectivity index (χ2n) is 16.1. The number of para-hydroxylation sites is 1. The van der Waals surface area contributed by atoms with Gasteiger partial charge in [-0.25, -0.2) is 0 Å². The maximum Gasteiger partial charge on any atom is 0.246 e. The number of amides is 2. The number of hydrogen-bond donors (Lipinski definition) is 2. The summed E-state index contributed by atoms with van der Waals surface area (Å²) in [6.07, 6.45) is 14.1. The molecule has 0 saturated heterocycles. The molecule has 4 bridgehead atoms. The zero-order chi connectivity index (χ0) is 30.3. The lowest BCUT2D eigenvalue weighted by atomic mass is 9.53. The van der Waals surface area contributed by atoms with Crippen molar-refractivity contribution in [3.8, 4) is 0 Å². The van der Waals surface area contributed by atoms with Gasteiger partial charge in [-0.15, -0.1) is 0 Å². The highest BCUT2D eigenvalue weighted by molar-refractivity contribution is 5.93. The molecule has 1 aromatic carbocycles. The first-order valence-electron chi connectivity index (χ1n) is 17.4. The summed E-state index contributed by atoms with van der Waals surface area (Å²) < 4.78 is 5.84. The Labute approximate surface area is 261 Å². The van der Waals surface area contributed by atoms with Crippen molar-refractivity contribution in [3.05, 3.63) is 59.7 Å². The van der Waals surface area contributed by atoms with E-state index in [1.54, 1.807) is 6.26 Å². The van der Waals surface area contributed by atoms with E-state index in [0.29, 0.717) is 18.9 Å². The van der Waals surface area contributed by atoms with Crippen molar-refractivity contribution in [2.45, 2.75) is 121 Å². The molecule has 6 aliphatic carbocycles. The van der Waals surface area contributed by atoms with Crippen molar-refractivity contribution in [1.82, 2.24) is 15.2 Å². The molecule has 2 aromatic heterocycles. The van der Waals surface area contributed by atoms with Crippen LogP contribution in [0.1, 0.15) is 114 Å². The third kappa shape index (κ3) is 4.57. The molecule has 2 N–H and O–H groups in total. The van der Waals surface area contributed by atoms with Gasteiger partial charge in [0, 0.05) is 28.6 Å². The van der Waals surface area contributed by atoms with Crippen LogP contribution in [0.3, 0.4) is 0 Å². The van der Waals surface area contributed by atoms with E-state index in [1.807, 2.05) is 17.0 Å². The maximum absolute atomic E-state index is 14.8. The van der Waals surface area contributed by atoms with Crippen molar-refractivity contribution in [2.24, 2.45) is 29.1 Å². The third-order valence-corrected chi connectivity index (χ3v) is 12.9. The van der Waals surface area contributed by atoms with E-state index in [2.05, 4.69) is 55.3 Å². The van der Waals surface area contributed by atoms with Crippen LogP contribution in [0.4, 0.5) is 0 Å². The summed E-state index contributed by atoms with van der Waals surface area (Å²) in [6.45, 7) is 7.13. The summed E-state index contributed by atoms with van der Waals surface area (Å²) in [6, 6.07) is 12.4. The van der Waals surface area contributed by atoms with Gasteiger partial charge in [0.15, 0.2) is 0 Å². The van der Waals surface area contributed by atoms with Crippen LogP contribution in [-0.4, -0.2) is 32.8 Å². The first-order valence-corrected chi connectivity index (χ1v) is 17.4. The molecular weight excluding hydrogens is 546 g/mol. The number of aromatic nitrogens is 1. The van der Waals surface area contributed by atoms with Gasteiger partial charge in [-0.05, 0) is 117 Å². The molecule has 6 fully saturated rings. The smallest absolute Gasteiger partial charge is 0.246 e. The third-order valence-electron chi connectivity index (χ3n) is 12.9. The highest BCUT2D eigenvalue weighted by Gasteiger charge is 2.61. The molecule has 2 atom stereocenters. The second-order valence-corrected chi connectivity index (χ2v) is 16.1. The number of nitrogens with one attached hydrogen (secondary N) is 2. The van der Waals surface area contributed by atoms with E-state index in [0.717, 1.165) is 80.4 Å². The van der Waals surface area contributed by atoms with Gasteiger partial charge in [0.2, 0.25) is 11.8 Å². The van der Waals surface area contributed by atoms with Crippen LogP contribution in [0, 0.1) is 36.0 Å². The zero-order valence-electron chi connectivity index (χ0n) is 26.8. The number of benzene rings is 1. The summed E-state index contributed by atoms with van der Waals surface area (Å²) >= 11 is 0. The Morgan fingerprint density at radius 1 is 0.955 bits per heavy atom. The van der Waals surface area contributed by atoms with Gasteiger partial charge in [-0.1, -0.05) is 51.3 Å². The van der Waals surface area contributed by atoms with Crippen LogP contribution in [0.15, 0.2) is 47.1 Å². The molecule has 6 heteroatoms. The lowest BCUT2D eigenvalue weighted by Gasteiger charge is -2.58. The molecular formula is C38H49N3O3. The molecule has 234 valence electrons. The summed E-state index contributed by atoms with van der Waals surface area (Å²) in [5.74, 6) is 3.75. The summed E-state index contributed by atoms with van der Waals surface area (Å²) in [5.41, 5.74) is 2.82. The molecule has 2 amide bonds. The first kappa shape index (κ1) is 28.5. The van der Waals surface area contributed by atoms with Gasteiger partial charge in [-0.3, -0.25) is 9.59 Å². The number of fused-ring (bicyclic) bond motifs is 1. The lowest BCUT2D eigenvalue weighted by molar-refractivity contribution is -0.155. The summed E-state index contributed by atoms with van der Waals surface area (Å²) in [5, 5.41) is 4.99. The Bertz CT molecular complexity index is 1520. The molecule has 2 heterocycles. The van der Waals surface area contributed by atoms with E-state index in [1.165, 1.54) is 35.9 Å². The standard InChI is InChI=1S/C38H49N3O3/c1-24-33(29-11-5-6-12-31(29)39-24)34-30(36(34,2)3)19-32(42)41(23-28-10-9-15-44-28)38(13-7-4-8-14-38)35(43)40-37-20-25-16-26(21-37)18-27(17-25)22-37/h5-6,9-12,15,25-27,30,34,39H,4,7-8,13-14,16-23H2,1-3H3,(H,40,43)/t25?,26?,27?,30-,34-,37?/m1/s1. The molecule has 6 aliphatic rings. The molecule has 0 spiro atoms. The van der Waals surface area contributed by atoms with Crippen LogP contribution in [0.25, 0.3) is 10.9 Å². The SMILES string of the molecule is Cc1[nH]c2ccccc2c1[C@H]1[C@@H](CC(=O)N(Cc2ccco2)C2(C(=O)NC34CC5CC(CC(C5)C3)C4)CCCCC2)C1(C)C. The molecule has 3 aromatic rings. The number of nitrogens with zero attached hydrogens (tertiary/aromatic N) is 1. The number of carbonyl (C=O) groups excluding carboxylic acids is 2. The fourth-order valence-electron chi connectivity index (χ4n) is 11.1. The average molecular weight is 596 g/mol. The molecule has 6 saturated carbocycles. The van der Waals surface area contributed by atoms with Crippen molar-refractivity contribution in [1.29, 1.82) is 0 Å². The number of rotatable bonds is 8. The topological polar surface area (TPSA) is 78.3 Å². The average Bonchev–Trinajstić information content (AvgIpc) is 3.35.